The van der Waals surface area contributed by atoms with Gasteiger partial charge in [0.1, 0.15) is 5.82 Å². The normalized spacial score (nSPS) is 10.2. The molecule has 1 heterocycles. The number of aromatic nitrogens is 1. The van der Waals surface area contributed by atoms with E-state index in [0.29, 0.717) is 11.4 Å². The molecule has 0 aliphatic carbocycles. The van der Waals surface area contributed by atoms with Crippen molar-refractivity contribution in [2.45, 2.75) is 0 Å². The summed E-state index contributed by atoms with van der Waals surface area (Å²) in [5.41, 5.74) is 13.8. The van der Waals surface area contributed by atoms with Gasteiger partial charge in [-0.2, -0.15) is 5.10 Å². The first-order valence-electron chi connectivity index (χ1n) is 3.49. The molecule has 0 saturated heterocycles. The highest BCUT2D eigenvalue weighted by molar-refractivity contribution is 7.80. The van der Waals surface area contributed by atoms with Crippen LogP contribution in [0.1, 0.15) is 5.56 Å². The molecule has 0 unspecified atom stereocenters. The summed E-state index contributed by atoms with van der Waals surface area (Å²) in [7, 11) is 0. The molecule has 1 aromatic heterocycles. The maximum atomic E-state index is 5.54. The number of nitrogens with one attached hydrogen (secondary N) is 1. The monoisotopic (exact) mass is 195 g/mol. The van der Waals surface area contributed by atoms with Crippen LogP contribution in [0, 0.1) is 0 Å². The molecule has 0 radical (unpaired) electrons. The summed E-state index contributed by atoms with van der Waals surface area (Å²) in [6.07, 6.45) is 3.11. The average molecular weight is 195 g/mol. The van der Waals surface area contributed by atoms with E-state index in [1.807, 2.05) is 0 Å². The molecule has 68 valence electrons. The summed E-state index contributed by atoms with van der Waals surface area (Å²) in [5.74, 6) is 0.413. The van der Waals surface area contributed by atoms with Gasteiger partial charge in [0, 0.05) is 11.8 Å². The number of nitrogens with two attached hydrogens (primary N) is 2. The number of nitrogens with zero attached hydrogens (tertiary/aromatic N) is 2. The van der Waals surface area contributed by atoms with Crippen molar-refractivity contribution >= 4 is 29.4 Å². The molecule has 1 aromatic rings. The van der Waals surface area contributed by atoms with E-state index in [2.05, 4.69) is 27.7 Å². The Morgan fingerprint density at radius 2 is 2.46 bits per heavy atom. The van der Waals surface area contributed by atoms with Crippen LogP contribution < -0.4 is 16.9 Å². The number of pyridine rings is 1. The summed E-state index contributed by atoms with van der Waals surface area (Å²) in [6.45, 7) is 0. The lowest BCUT2D eigenvalue weighted by Crippen LogP contribution is -2.24. The van der Waals surface area contributed by atoms with Crippen molar-refractivity contribution in [3.8, 4) is 0 Å². The third kappa shape index (κ3) is 3.04. The van der Waals surface area contributed by atoms with Gasteiger partial charge >= 0.3 is 0 Å². The predicted molar refractivity (Wildman–Crippen MR) is 56.2 cm³/mol. The minimum absolute atomic E-state index is 0.110. The van der Waals surface area contributed by atoms with E-state index in [0.717, 1.165) is 0 Å². The Bertz CT molecular complexity index is 335. The Morgan fingerprint density at radius 1 is 1.69 bits per heavy atom. The van der Waals surface area contributed by atoms with Gasteiger partial charge in [0.2, 0.25) is 0 Å². The van der Waals surface area contributed by atoms with E-state index in [1.54, 1.807) is 18.3 Å². The number of hydrogen-bond donors (Lipinski definition) is 3. The SMILES string of the molecule is NC(=S)NN=Cc1cccnc1N. The summed E-state index contributed by atoms with van der Waals surface area (Å²) < 4.78 is 0. The second-order valence-corrected chi connectivity index (χ2v) is 2.65. The van der Waals surface area contributed by atoms with Gasteiger partial charge < -0.3 is 11.5 Å². The molecular weight excluding hydrogens is 186 g/mol. The third-order valence-corrected chi connectivity index (χ3v) is 1.34. The molecule has 5 nitrogen and oxygen atoms in total. The van der Waals surface area contributed by atoms with Crippen LogP contribution in [0.4, 0.5) is 5.82 Å². The van der Waals surface area contributed by atoms with Crippen molar-refractivity contribution < 1.29 is 0 Å². The summed E-state index contributed by atoms with van der Waals surface area (Å²) in [4.78, 5) is 3.87. The number of anilines is 1. The molecule has 0 atom stereocenters. The van der Waals surface area contributed by atoms with Gasteiger partial charge in [-0.05, 0) is 24.4 Å². The molecule has 1 rings (SSSR count). The van der Waals surface area contributed by atoms with E-state index in [1.165, 1.54) is 6.21 Å². The van der Waals surface area contributed by atoms with Crippen LogP contribution in [0.25, 0.3) is 0 Å². The standard InChI is InChI=1S/C7H9N5S/c8-6-5(2-1-3-10-6)4-11-12-7(9)13/h1-4H,(H2,8,10)(H3,9,12,13). The minimum Gasteiger partial charge on any atom is -0.383 e. The number of thiocarbonyl (C=S) groups is 1. The molecule has 0 fully saturated rings. The van der Waals surface area contributed by atoms with Crippen LogP contribution >= 0.6 is 12.2 Å². The quantitative estimate of drug-likeness (QED) is 0.346. The highest BCUT2D eigenvalue weighted by Crippen LogP contribution is 2.02. The van der Waals surface area contributed by atoms with Crippen LogP contribution in [0.3, 0.4) is 0 Å². The number of hydrogen-bond acceptors (Lipinski definition) is 4. The van der Waals surface area contributed by atoms with Crippen molar-refractivity contribution in [1.82, 2.24) is 10.4 Å². The van der Waals surface area contributed by atoms with Crippen LogP contribution in [-0.2, 0) is 0 Å². The van der Waals surface area contributed by atoms with Gasteiger partial charge in [-0.15, -0.1) is 0 Å². The molecule has 0 saturated carbocycles. The van der Waals surface area contributed by atoms with Crippen molar-refractivity contribution in [2.75, 3.05) is 5.73 Å². The van der Waals surface area contributed by atoms with Crippen LogP contribution in [-0.4, -0.2) is 16.3 Å². The van der Waals surface area contributed by atoms with Crippen molar-refractivity contribution in [3.63, 3.8) is 0 Å². The number of rotatable bonds is 2. The van der Waals surface area contributed by atoms with E-state index in [-0.39, 0.29) is 5.11 Å². The number of nitrogen functional groups attached to an aromatic ring is 1. The molecule has 0 spiro atoms. The van der Waals surface area contributed by atoms with E-state index >= 15 is 0 Å². The fourth-order valence-electron chi connectivity index (χ4n) is 0.705. The summed E-state index contributed by atoms with van der Waals surface area (Å²) in [6, 6.07) is 3.55. The Labute approximate surface area is 80.8 Å². The van der Waals surface area contributed by atoms with Crippen LogP contribution in [0.15, 0.2) is 23.4 Å². The third-order valence-electron chi connectivity index (χ3n) is 1.25. The Kier molecular flexibility index (Phi) is 3.15. The zero-order valence-corrected chi connectivity index (χ0v) is 7.58. The smallest absolute Gasteiger partial charge is 0.184 e. The van der Waals surface area contributed by atoms with Gasteiger partial charge in [-0.3, -0.25) is 5.43 Å². The lowest BCUT2D eigenvalue weighted by Gasteiger charge is -1.97. The number of hydrazone groups is 1. The molecule has 0 aliphatic heterocycles. The largest absolute Gasteiger partial charge is 0.383 e. The second-order valence-electron chi connectivity index (χ2n) is 2.21. The van der Waals surface area contributed by atoms with Crippen molar-refractivity contribution in [2.24, 2.45) is 10.8 Å². The fourth-order valence-corrected chi connectivity index (χ4v) is 0.757. The zero-order valence-electron chi connectivity index (χ0n) is 6.77. The summed E-state index contributed by atoms with van der Waals surface area (Å²) >= 11 is 4.55. The van der Waals surface area contributed by atoms with E-state index in [9.17, 15) is 0 Å². The molecule has 0 amide bonds. The average Bonchev–Trinajstić information content (AvgIpc) is 2.08. The maximum Gasteiger partial charge on any atom is 0.184 e. The first-order valence-corrected chi connectivity index (χ1v) is 3.90. The Balaban J connectivity index is 2.68. The maximum absolute atomic E-state index is 5.54. The molecule has 5 N–H and O–H groups in total. The molecule has 0 bridgehead atoms. The molecule has 0 aliphatic rings. The highest BCUT2D eigenvalue weighted by atomic mass is 32.1. The van der Waals surface area contributed by atoms with E-state index < -0.39 is 0 Å². The van der Waals surface area contributed by atoms with Crippen LogP contribution in [0.5, 0.6) is 0 Å². The first-order chi connectivity index (χ1) is 6.20. The van der Waals surface area contributed by atoms with Crippen molar-refractivity contribution in [1.29, 1.82) is 0 Å². The Hall–Kier alpha value is -1.69. The van der Waals surface area contributed by atoms with Gasteiger partial charge in [0.25, 0.3) is 0 Å². The first kappa shape index (κ1) is 9.40. The summed E-state index contributed by atoms with van der Waals surface area (Å²) in [5, 5.41) is 3.85. The van der Waals surface area contributed by atoms with Gasteiger partial charge in [0.05, 0.1) is 6.21 Å². The fraction of sp³-hybridized carbons (Fsp3) is 0. The second kappa shape index (κ2) is 4.36. The minimum atomic E-state index is 0.110. The van der Waals surface area contributed by atoms with Crippen LogP contribution in [0.2, 0.25) is 0 Å². The Morgan fingerprint density at radius 3 is 3.08 bits per heavy atom. The molecule has 13 heavy (non-hydrogen) atoms. The lowest BCUT2D eigenvalue weighted by atomic mass is 10.3. The van der Waals surface area contributed by atoms with Gasteiger partial charge in [0.15, 0.2) is 5.11 Å². The molecule has 6 heteroatoms. The zero-order chi connectivity index (χ0) is 9.68. The molecule has 0 aromatic carbocycles. The topological polar surface area (TPSA) is 89.3 Å². The van der Waals surface area contributed by atoms with Gasteiger partial charge in [-0.1, -0.05) is 0 Å². The van der Waals surface area contributed by atoms with E-state index in [4.69, 9.17) is 11.5 Å². The van der Waals surface area contributed by atoms with Crippen molar-refractivity contribution in [3.05, 3.63) is 23.9 Å². The molecular formula is C7H9N5S. The lowest BCUT2D eigenvalue weighted by molar-refractivity contribution is 1.04. The predicted octanol–water partition coefficient (Wildman–Crippen LogP) is -0.169. The van der Waals surface area contributed by atoms with Gasteiger partial charge in [-0.25, -0.2) is 4.98 Å². The highest BCUT2D eigenvalue weighted by Gasteiger charge is 1.93.